The quantitative estimate of drug-likeness (QED) is 0.710. The fourth-order valence-corrected chi connectivity index (χ4v) is 3.55. The van der Waals surface area contributed by atoms with Gasteiger partial charge in [0.15, 0.2) is 0 Å². The molecular formula is C19H28BrClN2O2. The second kappa shape index (κ2) is 8.28. The first-order valence-corrected chi connectivity index (χ1v) is 9.88. The Kier molecular flexibility index (Phi) is 6.80. The Morgan fingerprint density at radius 3 is 2.80 bits per heavy atom. The van der Waals surface area contributed by atoms with Crippen molar-refractivity contribution < 1.29 is 9.53 Å². The van der Waals surface area contributed by atoms with Crippen molar-refractivity contribution in [2.75, 3.05) is 19.6 Å². The summed E-state index contributed by atoms with van der Waals surface area (Å²) in [6.45, 7) is 11.0. The first-order valence-electron chi connectivity index (χ1n) is 8.71. The van der Waals surface area contributed by atoms with E-state index in [1.807, 2.05) is 37.8 Å². The number of hydrogen-bond donors (Lipinski definition) is 1. The molecule has 4 nitrogen and oxygen atoms in total. The second-order valence-corrected chi connectivity index (χ2v) is 9.43. The number of ether oxygens (including phenoxy) is 1. The van der Waals surface area contributed by atoms with Crippen LogP contribution >= 0.6 is 27.5 Å². The summed E-state index contributed by atoms with van der Waals surface area (Å²) in [5.74, 6) is 0. The number of nitrogens with zero attached hydrogens (tertiary/aromatic N) is 1. The van der Waals surface area contributed by atoms with Crippen LogP contribution in [0.25, 0.3) is 0 Å². The van der Waals surface area contributed by atoms with Crippen LogP contribution < -0.4 is 5.32 Å². The van der Waals surface area contributed by atoms with Gasteiger partial charge in [-0.1, -0.05) is 24.6 Å². The standard InChI is InChI=1S/C19H28BrClN2O2/c1-18(2,3)25-17(24)23-9-5-8-19(4,13-23)12-22-11-14-6-7-15(20)16(21)10-14/h6-7,10,22H,5,8-9,11-13H2,1-4H3. The normalized spacial score (nSPS) is 21.3. The van der Waals surface area contributed by atoms with Crippen molar-refractivity contribution in [3.05, 3.63) is 33.3 Å². The van der Waals surface area contributed by atoms with E-state index >= 15 is 0 Å². The van der Waals surface area contributed by atoms with Crippen LogP contribution in [-0.4, -0.2) is 36.2 Å². The minimum absolute atomic E-state index is 0.0499. The van der Waals surface area contributed by atoms with E-state index in [1.165, 1.54) is 0 Å². The molecule has 140 valence electrons. The van der Waals surface area contributed by atoms with Crippen LogP contribution in [0.4, 0.5) is 4.79 Å². The van der Waals surface area contributed by atoms with Crippen LogP contribution in [0.15, 0.2) is 22.7 Å². The maximum absolute atomic E-state index is 12.3. The van der Waals surface area contributed by atoms with Crippen molar-refractivity contribution >= 4 is 33.6 Å². The largest absolute Gasteiger partial charge is 0.444 e. The Morgan fingerprint density at radius 2 is 2.16 bits per heavy atom. The van der Waals surface area contributed by atoms with Crippen LogP contribution in [0, 0.1) is 5.41 Å². The first-order chi connectivity index (χ1) is 11.6. The number of carbonyl (C=O) groups excluding carboxylic acids is 1. The predicted molar refractivity (Wildman–Crippen MR) is 106 cm³/mol. The third kappa shape index (κ3) is 6.46. The summed E-state index contributed by atoms with van der Waals surface area (Å²) < 4.78 is 6.42. The van der Waals surface area contributed by atoms with Crippen LogP contribution in [-0.2, 0) is 11.3 Å². The van der Waals surface area contributed by atoms with E-state index in [4.69, 9.17) is 16.3 Å². The van der Waals surface area contributed by atoms with Crippen molar-refractivity contribution in [2.45, 2.75) is 52.7 Å². The lowest BCUT2D eigenvalue weighted by atomic mass is 9.82. The van der Waals surface area contributed by atoms with Gasteiger partial charge in [-0.25, -0.2) is 4.79 Å². The zero-order chi connectivity index (χ0) is 18.7. The van der Waals surface area contributed by atoms with Crippen molar-refractivity contribution in [3.8, 4) is 0 Å². The maximum Gasteiger partial charge on any atom is 0.410 e. The van der Waals surface area contributed by atoms with E-state index < -0.39 is 5.60 Å². The third-order valence-corrected chi connectivity index (χ3v) is 5.53. The lowest BCUT2D eigenvalue weighted by molar-refractivity contribution is 0.00675. The topological polar surface area (TPSA) is 41.6 Å². The summed E-state index contributed by atoms with van der Waals surface area (Å²) in [6.07, 6.45) is 1.89. The molecule has 1 saturated heterocycles. The molecule has 1 fully saturated rings. The summed E-state index contributed by atoms with van der Waals surface area (Å²) >= 11 is 9.55. The average molecular weight is 432 g/mol. The fraction of sp³-hybridized carbons (Fsp3) is 0.632. The lowest BCUT2D eigenvalue weighted by Crippen LogP contribution is -2.50. The number of carbonyl (C=O) groups is 1. The molecular weight excluding hydrogens is 404 g/mol. The molecule has 1 unspecified atom stereocenters. The molecule has 1 aliphatic heterocycles. The van der Waals surface area contributed by atoms with Crippen LogP contribution in [0.2, 0.25) is 5.02 Å². The fourth-order valence-electron chi connectivity index (χ4n) is 3.10. The van der Waals surface area contributed by atoms with Gasteiger partial charge in [0.25, 0.3) is 0 Å². The highest BCUT2D eigenvalue weighted by Gasteiger charge is 2.34. The molecule has 25 heavy (non-hydrogen) atoms. The van der Waals surface area contributed by atoms with Gasteiger partial charge in [-0.3, -0.25) is 0 Å². The van der Waals surface area contributed by atoms with Crippen LogP contribution in [0.1, 0.15) is 46.1 Å². The molecule has 0 radical (unpaired) electrons. The SMILES string of the molecule is CC1(CNCc2ccc(Br)c(Cl)c2)CCCN(C(=O)OC(C)(C)C)C1. The maximum atomic E-state index is 12.3. The number of rotatable bonds is 4. The van der Waals surface area contributed by atoms with Gasteiger partial charge < -0.3 is 15.0 Å². The summed E-state index contributed by atoms with van der Waals surface area (Å²) in [6, 6.07) is 5.99. The van der Waals surface area contributed by atoms with Crippen LogP contribution in [0.3, 0.4) is 0 Å². The molecule has 0 spiro atoms. The predicted octanol–water partition coefficient (Wildman–Crippen LogP) is 5.23. The highest BCUT2D eigenvalue weighted by Crippen LogP contribution is 2.30. The molecule has 1 amide bonds. The molecule has 1 N–H and O–H groups in total. The van der Waals surface area contributed by atoms with Gasteiger partial charge in [-0.15, -0.1) is 0 Å². The Labute approximate surface area is 164 Å². The van der Waals surface area contributed by atoms with E-state index in [-0.39, 0.29) is 11.5 Å². The van der Waals surface area contributed by atoms with Gasteiger partial charge in [-0.2, -0.15) is 0 Å². The molecule has 2 rings (SSSR count). The first kappa shape index (κ1) is 20.5. The van der Waals surface area contributed by atoms with Crippen molar-refractivity contribution in [2.24, 2.45) is 5.41 Å². The van der Waals surface area contributed by atoms with E-state index in [1.54, 1.807) is 0 Å². The van der Waals surface area contributed by atoms with Gasteiger partial charge in [0.2, 0.25) is 0 Å². The number of likely N-dealkylation sites (tertiary alicyclic amines) is 1. The molecule has 1 aromatic carbocycles. The number of nitrogens with one attached hydrogen (secondary N) is 1. The molecule has 0 aromatic heterocycles. The second-order valence-electron chi connectivity index (χ2n) is 8.17. The van der Waals surface area contributed by atoms with Gasteiger partial charge >= 0.3 is 6.09 Å². The summed E-state index contributed by atoms with van der Waals surface area (Å²) in [4.78, 5) is 14.2. The minimum atomic E-state index is -0.454. The number of amides is 1. The lowest BCUT2D eigenvalue weighted by Gasteiger charge is -2.41. The minimum Gasteiger partial charge on any atom is -0.444 e. The molecule has 1 aliphatic rings. The molecule has 1 atom stereocenters. The van der Waals surface area contributed by atoms with Crippen LogP contribution in [0.5, 0.6) is 0 Å². The van der Waals surface area contributed by atoms with Crippen molar-refractivity contribution in [1.29, 1.82) is 0 Å². The Balaban J connectivity index is 1.87. The van der Waals surface area contributed by atoms with E-state index in [2.05, 4.69) is 34.2 Å². The average Bonchev–Trinajstić information content (AvgIpc) is 2.49. The zero-order valence-electron chi connectivity index (χ0n) is 15.5. The summed E-state index contributed by atoms with van der Waals surface area (Å²) in [7, 11) is 0. The highest BCUT2D eigenvalue weighted by molar-refractivity contribution is 9.10. The molecule has 0 aliphatic carbocycles. The van der Waals surface area contributed by atoms with E-state index in [0.717, 1.165) is 54.1 Å². The Hall–Kier alpha value is -0.780. The summed E-state index contributed by atoms with van der Waals surface area (Å²) in [5, 5.41) is 4.24. The van der Waals surface area contributed by atoms with Gasteiger partial charge in [-0.05, 0) is 72.7 Å². The Morgan fingerprint density at radius 1 is 1.44 bits per heavy atom. The van der Waals surface area contributed by atoms with Crippen molar-refractivity contribution in [3.63, 3.8) is 0 Å². The molecule has 1 heterocycles. The van der Waals surface area contributed by atoms with Gasteiger partial charge in [0, 0.05) is 30.7 Å². The van der Waals surface area contributed by atoms with Gasteiger partial charge in [0.1, 0.15) is 5.60 Å². The number of halogens is 2. The molecule has 0 bridgehead atoms. The van der Waals surface area contributed by atoms with Gasteiger partial charge in [0.05, 0.1) is 5.02 Å². The Bertz CT molecular complexity index is 618. The summed E-state index contributed by atoms with van der Waals surface area (Å²) in [5.41, 5.74) is 0.745. The molecule has 6 heteroatoms. The molecule has 0 saturated carbocycles. The van der Waals surface area contributed by atoms with E-state index in [0.29, 0.717) is 0 Å². The molecule has 1 aromatic rings. The monoisotopic (exact) mass is 430 g/mol. The van der Waals surface area contributed by atoms with Crippen molar-refractivity contribution in [1.82, 2.24) is 10.2 Å². The number of hydrogen-bond acceptors (Lipinski definition) is 3. The smallest absolute Gasteiger partial charge is 0.410 e. The number of benzene rings is 1. The highest BCUT2D eigenvalue weighted by atomic mass is 79.9. The van der Waals surface area contributed by atoms with E-state index in [9.17, 15) is 4.79 Å². The third-order valence-electron chi connectivity index (χ3n) is 4.30. The zero-order valence-corrected chi connectivity index (χ0v) is 17.8. The number of piperidine rings is 1.